The molecule has 4 N–H and O–H groups in total. The topological polar surface area (TPSA) is 128 Å². The van der Waals surface area contributed by atoms with Crippen molar-refractivity contribution >= 4 is 21.3 Å². The highest BCUT2D eigenvalue weighted by Gasteiger charge is 2.33. The average Bonchev–Trinajstić information content (AvgIpc) is 2.13. The van der Waals surface area contributed by atoms with Crippen LogP contribution in [0.15, 0.2) is 30.3 Å². The van der Waals surface area contributed by atoms with Crippen molar-refractivity contribution in [1.82, 2.24) is 0 Å². The molecule has 0 unspecified atom stereocenters. The van der Waals surface area contributed by atoms with Crippen LogP contribution >= 0.6 is 15.6 Å². The van der Waals surface area contributed by atoms with Gasteiger partial charge in [-0.05, 0) is 12.1 Å². The Kier molecular flexibility index (Phi) is 3.88. The minimum absolute atomic E-state index is 0.117. The van der Waals surface area contributed by atoms with Crippen molar-refractivity contribution in [1.29, 1.82) is 0 Å². The zero-order chi connectivity index (χ0) is 12.4. The molecule has 90 valence electrons. The number of anilines is 1. The summed E-state index contributed by atoms with van der Waals surface area (Å²) in [5.74, 6) is 0. The molecule has 0 aliphatic carbocycles. The maximum Gasteiger partial charge on any atom is 0.491 e. The molecule has 0 aliphatic heterocycles. The summed E-state index contributed by atoms with van der Waals surface area (Å²) in [7, 11) is -10.0. The lowest BCUT2D eigenvalue weighted by Crippen LogP contribution is -2.18. The van der Waals surface area contributed by atoms with E-state index in [0.717, 1.165) is 0 Å². The standard InChI is InChI=1S/C6H9NO7P2/c8-15(9,10)7(14-16(11,12)13)6-4-2-1-3-5-6/h1-5H,(H2,8,9,10)(H2,11,12,13). The number of benzene rings is 1. The molecule has 0 aliphatic rings. The smallest absolute Gasteiger partial charge is 0.307 e. The number of hydrogen-bond donors (Lipinski definition) is 4. The number of nitrogens with zero attached hydrogens (tertiary/aromatic N) is 1. The monoisotopic (exact) mass is 269 g/mol. The van der Waals surface area contributed by atoms with E-state index in [-0.39, 0.29) is 10.5 Å². The van der Waals surface area contributed by atoms with E-state index in [9.17, 15) is 9.13 Å². The molecule has 0 saturated heterocycles. The zero-order valence-electron chi connectivity index (χ0n) is 7.74. The molecule has 0 aromatic heterocycles. The highest BCUT2D eigenvalue weighted by atomic mass is 31.2. The van der Waals surface area contributed by atoms with Crippen LogP contribution in [0.2, 0.25) is 0 Å². The van der Waals surface area contributed by atoms with Crippen LogP contribution in [0.3, 0.4) is 0 Å². The lowest BCUT2D eigenvalue weighted by atomic mass is 10.3. The van der Waals surface area contributed by atoms with E-state index in [2.05, 4.69) is 4.62 Å². The summed E-state index contributed by atoms with van der Waals surface area (Å²) in [6.45, 7) is 0. The lowest BCUT2D eigenvalue weighted by molar-refractivity contribution is 0.188. The molecule has 10 heteroatoms. The number of phosphoric acid groups is 1. The van der Waals surface area contributed by atoms with Gasteiger partial charge < -0.3 is 19.6 Å². The molecular formula is C6H9NO7P2. The quantitative estimate of drug-likeness (QED) is 0.462. The van der Waals surface area contributed by atoms with Crippen LogP contribution in [0.1, 0.15) is 0 Å². The highest BCUT2D eigenvalue weighted by Crippen LogP contribution is 2.51. The minimum Gasteiger partial charge on any atom is -0.307 e. The van der Waals surface area contributed by atoms with Crippen LogP contribution in [-0.4, -0.2) is 19.6 Å². The first-order chi connectivity index (χ1) is 7.20. The van der Waals surface area contributed by atoms with Gasteiger partial charge in [-0.1, -0.05) is 18.2 Å². The van der Waals surface area contributed by atoms with Gasteiger partial charge in [0.15, 0.2) is 0 Å². The molecule has 1 aromatic carbocycles. The number of para-hydroxylation sites is 1. The first-order valence-electron chi connectivity index (χ1n) is 3.86. The molecule has 0 amide bonds. The van der Waals surface area contributed by atoms with E-state index in [1.54, 1.807) is 6.07 Å². The first kappa shape index (κ1) is 13.3. The third kappa shape index (κ3) is 4.03. The van der Waals surface area contributed by atoms with Gasteiger partial charge in [-0.15, -0.1) is 4.83 Å². The van der Waals surface area contributed by atoms with Crippen LogP contribution in [0.4, 0.5) is 5.69 Å². The Morgan fingerprint density at radius 2 is 1.50 bits per heavy atom. The Hall–Kier alpha value is -0.720. The lowest BCUT2D eigenvalue weighted by Gasteiger charge is -2.23. The molecule has 0 heterocycles. The summed E-state index contributed by atoms with van der Waals surface area (Å²) in [5, 5.41) is 0. The molecule has 0 bridgehead atoms. The van der Waals surface area contributed by atoms with Crippen LogP contribution < -0.4 is 4.83 Å². The normalized spacial score (nSPS) is 12.5. The fraction of sp³-hybridized carbons (Fsp3) is 0. The summed E-state index contributed by atoms with van der Waals surface area (Å²) >= 11 is 0. The van der Waals surface area contributed by atoms with Gasteiger partial charge in [0.2, 0.25) is 0 Å². The summed E-state index contributed by atoms with van der Waals surface area (Å²) in [6, 6.07) is 6.89. The van der Waals surface area contributed by atoms with Crippen molar-refractivity contribution < 1.29 is 33.3 Å². The van der Waals surface area contributed by atoms with Gasteiger partial charge in [0.05, 0.1) is 5.69 Å². The van der Waals surface area contributed by atoms with Crippen molar-refractivity contribution in [2.45, 2.75) is 0 Å². The Morgan fingerprint density at radius 3 is 1.88 bits per heavy atom. The largest absolute Gasteiger partial charge is 0.491 e. The maximum atomic E-state index is 11.0. The molecule has 16 heavy (non-hydrogen) atoms. The summed E-state index contributed by atoms with van der Waals surface area (Å²) in [6.07, 6.45) is 0. The maximum absolute atomic E-state index is 11.0. The van der Waals surface area contributed by atoms with E-state index in [1.165, 1.54) is 24.3 Å². The predicted molar refractivity (Wildman–Crippen MR) is 54.1 cm³/mol. The molecule has 0 atom stereocenters. The van der Waals surface area contributed by atoms with Crippen LogP contribution in [0.5, 0.6) is 0 Å². The number of hydrogen-bond acceptors (Lipinski definition) is 3. The Morgan fingerprint density at radius 1 is 1.00 bits per heavy atom. The molecule has 0 fully saturated rings. The minimum atomic E-state index is -5.05. The second kappa shape index (κ2) is 4.65. The van der Waals surface area contributed by atoms with Gasteiger partial charge in [-0.25, -0.2) is 9.13 Å². The fourth-order valence-electron chi connectivity index (χ4n) is 0.901. The highest BCUT2D eigenvalue weighted by molar-refractivity contribution is 7.54. The summed E-state index contributed by atoms with van der Waals surface area (Å²) in [4.78, 5) is 34.6. The Bertz CT molecular complexity index is 437. The summed E-state index contributed by atoms with van der Waals surface area (Å²) in [5.41, 5.74) is -0.167. The Labute approximate surface area is 90.5 Å². The molecule has 8 nitrogen and oxygen atoms in total. The zero-order valence-corrected chi connectivity index (χ0v) is 9.53. The summed E-state index contributed by atoms with van der Waals surface area (Å²) < 4.78 is 25.4. The second-order valence-corrected chi connectivity index (χ2v) is 5.23. The molecule has 1 rings (SSSR count). The van der Waals surface area contributed by atoms with Gasteiger partial charge in [-0.3, -0.25) is 0 Å². The third-order valence-corrected chi connectivity index (χ3v) is 2.69. The van der Waals surface area contributed by atoms with Crippen molar-refractivity contribution in [3.05, 3.63) is 30.3 Å². The Balaban J connectivity index is 3.08. The van der Waals surface area contributed by atoms with E-state index in [0.29, 0.717) is 0 Å². The molecule has 0 radical (unpaired) electrons. The van der Waals surface area contributed by atoms with Crippen LogP contribution in [0.25, 0.3) is 0 Å². The van der Waals surface area contributed by atoms with Gasteiger partial charge in [-0.2, -0.15) is 4.62 Å². The second-order valence-electron chi connectivity index (χ2n) is 2.69. The van der Waals surface area contributed by atoms with Gasteiger partial charge in [0.1, 0.15) is 0 Å². The van der Waals surface area contributed by atoms with Crippen molar-refractivity contribution in [3.63, 3.8) is 0 Å². The molecule has 0 spiro atoms. The average molecular weight is 269 g/mol. The van der Waals surface area contributed by atoms with Gasteiger partial charge >= 0.3 is 15.6 Å². The van der Waals surface area contributed by atoms with Crippen LogP contribution in [0, 0.1) is 0 Å². The van der Waals surface area contributed by atoms with E-state index >= 15 is 0 Å². The van der Waals surface area contributed by atoms with Crippen molar-refractivity contribution in [3.8, 4) is 0 Å². The molecule has 0 saturated carbocycles. The van der Waals surface area contributed by atoms with Crippen molar-refractivity contribution in [2.75, 3.05) is 4.83 Å². The third-order valence-electron chi connectivity index (χ3n) is 1.40. The van der Waals surface area contributed by atoms with Crippen LogP contribution in [-0.2, 0) is 13.8 Å². The van der Waals surface area contributed by atoms with Crippen molar-refractivity contribution in [2.24, 2.45) is 0 Å². The van der Waals surface area contributed by atoms with E-state index in [1.807, 2.05) is 0 Å². The van der Waals surface area contributed by atoms with E-state index in [4.69, 9.17) is 19.6 Å². The van der Waals surface area contributed by atoms with Gasteiger partial charge in [0, 0.05) is 0 Å². The number of rotatable bonds is 4. The first-order valence-corrected chi connectivity index (χ1v) is 6.96. The van der Waals surface area contributed by atoms with Gasteiger partial charge in [0.25, 0.3) is 0 Å². The predicted octanol–water partition coefficient (Wildman–Crippen LogP) is 0.610. The van der Waals surface area contributed by atoms with E-state index < -0.39 is 15.6 Å². The fourth-order valence-corrected chi connectivity index (χ4v) is 2.30. The molecular weight excluding hydrogens is 260 g/mol. The SMILES string of the molecule is O=P(O)(O)ON(c1ccccc1)P(=O)(O)O. The molecule has 1 aromatic rings.